The maximum Gasteiger partial charge on any atom is 0.308 e. The van der Waals surface area contributed by atoms with Crippen molar-refractivity contribution >= 4 is 22.6 Å². The monoisotopic (exact) mass is 444 g/mol. The first kappa shape index (κ1) is 26.6. The highest BCUT2D eigenvalue weighted by molar-refractivity contribution is 6.74. The van der Waals surface area contributed by atoms with Crippen molar-refractivity contribution in [3.05, 3.63) is 12.2 Å². The first-order chi connectivity index (χ1) is 12.9. The number of aliphatic hydroxyl groups is 1. The van der Waals surface area contributed by atoms with Crippen LogP contribution in [0.5, 0.6) is 0 Å². The minimum Gasteiger partial charge on any atom is -0.462 e. The van der Waals surface area contributed by atoms with Crippen molar-refractivity contribution in [3.8, 4) is 0 Å². The molecule has 0 aliphatic carbocycles. The lowest BCUT2D eigenvalue weighted by Gasteiger charge is -2.44. The molecule has 29 heavy (non-hydrogen) atoms. The normalized spacial score (nSPS) is 29.3. The van der Waals surface area contributed by atoms with Crippen LogP contribution in [0.25, 0.3) is 0 Å². The molecule has 170 valence electrons. The summed E-state index contributed by atoms with van der Waals surface area (Å²) >= 11 is 0. The number of aliphatic hydroxyl groups excluding tert-OH is 1. The van der Waals surface area contributed by atoms with Crippen molar-refractivity contribution in [2.45, 2.75) is 122 Å². The molecule has 1 rings (SSSR count). The first-order valence-electron chi connectivity index (χ1n) is 10.8. The molecule has 0 aromatic heterocycles. The molecule has 0 spiro atoms. The van der Waals surface area contributed by atoms with Gasteiger partial charge in [0.15, 0.2) is 16.6 Å². The van der Waals surface area contributed by atoms with Crippen LogP contribution in [0.3, 0.4) is 0 Å². The Balaban J connectivity index is 3.35. The van der Waals surface area contributed by atoms with Crippen LogP contribution < -0.4 is 0 Å². The quantitative estimate of drug-likeness (QED) is 0.357. The Hall–Kier alpha value is -0.476. The molecule has 4 atom stereocenters. The third kappa shape index (κ3) is 7.62. The minimum atomic E-state index is -2.16. The number of hydrogen-bond acceptors (Lipinski definition) is 5. The van der Waals surface area contributed by atoms with E-state index in [4.69, 9.17) is 13.6 Å². The van der Waals surface area contributed by atoms with Crippen LogP contribution in [0, 0.1) is 0 Å². The smallest absolute Gasteiger partial charge is 0.308 e. The fourth-order valence-electron chi connectivity index (χ4n) is 2.68. The van der Waals surface area contributed by atoms with Gasteiger partial charge < -0.3 is 18.7 Å². The zero-order chi connectivity index (χ0) is 22.8. The average Bonchev–Trinajstić information content (AvgIpc) is 2.47. The fraction of sp³-hybridized carbons (Fsp3) is 0.864. The van der Waals surface area contributed by atoms with Gasteiger partial charge >= 0.3 is 5.97 Å². The van der Waals surface area contributed by atoms with Gasteiger partial charge in [0.1, 0.15) is 6.10 Å². The molecular formula is C22H44O5Si2. The maximum atomic E-state index is 12.6. The standard InChI is InChI=1S/C22H44O5Si2/c1-16-14-17(23)12-13-18(26-28(8,9)21(2,3)4)19(15-20(24)25-16)27-29(10,11)22(5,6)7/h12-13,16-19,23H,14-15H2,1-11H3/b13-12+/t16-,17+,18-,19-/m0/s1. The van der Waals surface area contributed by atoms with Gasteiger partial charge in [-0.05, 0) is 43.2 Å². The van der Waals surface area contributed by atoms with E-state index >= 15 is 0 Å². The second-order valence-electron chi connectivity index (χ2n) is 11.5. The van der Waals surface area contributed by atoms with Crippen LogP contribution in [-0.4, -0.2) is 52.1 Å². The molecule has 1 aliphatic heterocycles. The molecule has 0 bridgehead atoms. The number of esters is 1. The van der Waals surface area contributed by atoms with Crippen molar-refractivity contribution in [1.29, 1.82) is 0 Å². The van der Waals surface area contributed by atoms with Crippen molar-refractivity contribution in [3.63, 3.8) is 0 Å². The van der Waals surface area contributed by atoms with Crippen LogP contribution in [0.2, 0.25) is 36.3 Å². The predicted octanol–water partition coefficient (Wildman–Crippen LogP) is 5.41. The number of rotatable bonds is 4. The van der Waals surface area contributed by atoms with Crippen LogP contribution in [-0.2, 0) is 18.4 Å². The van der Waals surface area contributed by atoms with Gasteiger partial charge in [-0.25, -0.2) is 0 Å². The van der Waals surface area contributed by atoms with Crippen molar-refractivity contribution in [2.24, 2.45) is 0 Å². The summed E-state index contributed by atoms with van der Waals surface area (Å²) in [7, 11) is -4.29. The van der Waals surface area contributed by atoms with E-state index in [1.54, 1.807) is 6.08 Å². The molecule has 1 N–H and O–H groups in total. The van der Waals surface area contributed by atoms with E-state index in [1.807, 2.05) is 13.0 Å². The summed E-state index contributed by atoms with van der Waals surface area (Å²) in [6, 6.07) is 0. The Labute approximate surface area is 180 Å². The number of cyclic esters (lactones) is 1. The highest BCUT2D eigenvalue weighted by atomic mass is 28.4. The van der Waals surface area contributed by atoms with E-state index in [0.717, 1.165) is 0 Å². The molecule has 0 saturated carbocycles. The summed E-state index contributed by atoms with van der Waals surface area (Å²) < 4.78 is 18.9. The predicted molar refractivity (Wildman–Crippen MR) is 124 cm³/mol. The summed E-state index contributed by atoms with van der Waals surface area (Å²) in [5.74, 6) is -0.299. The van der Waals surface area contributed by atoms with Crippen LogP contribution in [0.4, 0.5) is 0 Å². The lowest BCUT2D eigenvalue weighted by atomic mass is 10.1. The number of hydrogen-bond donors (Lipinski definition) is 1. The van der Waals surface area contributed by atoms with E-state index in [0.29, 0.717) is 6.42 Å². The summed E-state index contributed by atoms with van der Waals surface area (Å²) in [5, 5.41) is 10.4. The van der Waals surface area contributed by atoms with Gasteiger partial charge in [0.2, 0.25) is 0 Å². The average molecular weight is 445 g/mol. The summed E-state index contributed by atoms with van der Waals surface area (Å²) in [6.45, 7) is 23.7. The summed E-state index contributed by atoms with van der Waals surface area (Å²) in [4.78, 5) is 12.6. The second kappa shape index (κ2) is 9.34. The van der Waals surface area contributed by atoms with Crippen LogP contribution >= 0.6 is 0 Å². The second-order valence-corrected chi connectivity index (χ2v) is 21.0. The van der Waals surface area contributed by atoms with Crippen molar-refractivity contribution < 1.29 is 23.5 Å². The molecule has 0 aromatic carbocycles. The van der Waals surface area contributed by atoms with Gasteiger partial charge in [-0.2, -0.15) is 0 Å². The zero-order valence-electron chi connectivity index (χ0n) is 20.5. The Morgan fingerprint density at radius 3 is 1.93 bits per heavy atom. The molecule has 0 aromatic rings. The van der Waals surface area contributed by atoms with Gasteiger partial charge in [0.25, 0.3) is 0 Å². The molecular weight excluding hydrogens is 400 g/mol. The Bertz CT molecular complexity index is 587. The van der Waals surface area contributed by atoms with E-state index < -0.39 is 34.9 Å². The lowest BCUT2D eigenvalue weighted by molar-refractivity contribution is -0.152. The third-order valence-electron chi connectivity index (χ3n) is 6.65. The van der Waals surface area contributed by atoms with Crippen molar-refractivity contribution in [2.75, 3.05) is 0 Å². The number of carbonyl (C=O) groups is 1. The molecule has 0 unspecified atom stereocenters. The lowest BCUT2D eigenvalue weighted by Crippen LogP contribution is -2.52. The molecule has 0 fully saturated rings. The van der Waals surface area contributed by atoms with E-state index in [-0.39, 0.29) is 28.6 Å². The highest BCUT2D eigenvalue weighted by Crippen LogP contribution is 2.41. The molecule has 5 nitrogen and oxygen atoms in total. The SMILES string of the molecule is C[C@H]1C[C@H](O)/C=C/[C@H](O[Si](C)(C)C(C)(C)C)[C@@H](O[Si](C)(C)C(C)(C)C)CC(=O)O1. The van der Waals surface area contributed by atoms with Gasteiger partial charge in [-0.1, -0.05) is 53.7 Å². The Morgan fingerprint density at radius 1 is 0.966 bits per heavy atom. The van der Waals surface area contributed by atoms with Crippen LogP contribution in [0.1, 0.15) is 61.3 Å². The molecule has 0 radical (unpaired) electrons. The fourth-order valence-corrected chi connectivity index (χ4v) is 5.27. The molecule has 1 aliphatic rings. The topological polar surface area (TPSA) is 65.0 Å². The van der Waals surface area contributed by atoms with E-state index in [9.17, 15) is 9.90 Å². The van der Waals surface area contributed by atoms with Gasteiger partial charge in [0, 0.05) is 6.42 Å². The van der Waals surface area contributed by atoms with Gasteiger partial charge in [0.05, 0.1) is 24.7 Å². The van der Waals surface area contributed by atoms with Gasteiger partial charge in [-0.15, -0.1) is 0 Å². The molecule has 7 heteroatoms. The van der Waals surface area contributed by atoms with Crippen molar-refractivity contribution in [1.82, 2.24) is 0 Å². The zero-order valence-corrected chi connectivity index (χ0v) is 22.5. The summed E-state index contributed by atoms with van der Waals surface area (Å²) in [5.41, 5.74) is 0. The number of ether oxygens (including phenoxy) is 1. The first-order valence-corrected chi connectivity index (χ1v) is 16.6. The minimum absolute atomic E-state index is 0.00423. The summed E-state index contributed by atoms with van der Waals surface area (Å²) in [6.07, 6.45) is 2.35. The largest absolute Gasteiger partial charge is 0.462 e. The molecule has 0 amide bonds. The molecule has 1 heterocycles. The van der Waals surface area contributed by atoms with E-state index in [1.165, 1.54) is 0 Å². The molecule has 0 saturated heterocycles. The van der Waals surface area contributed by atoms with Gasteiger partial charge in [-0.3, -0.25) is 4.79 Å². The van der Waals surface area contributed by atoms with E-state index in [2.05, 4.69) is 67.7 Å². The third-order valence-corrected chi connectivity index (χ3v) is 15.6. The Morgan fingerprint density at radius 2 is 1.45 bits per heavy atom. The Kier molecular flexibility index (Phi) is 8.56. The number of carbonyl (C=O) groups excluding carboxylic acids is 1. The highest BCUT2D eigenvalue weighted by Gasteiger charge is 2.45. The van der Waals surface area contributed by atoms with Crippen LogP contribution in [0.15, 0.2) is 12.2 Å². The maximum absolute atomic E-state index is 12.6.